The van der Waals surface area contributed by atoms with Gasteiger partial charge < -0.3 is 14.8 Å². The highest BCUT2D eigenvalue weighted by molar-refractivity contribution is 4.90. The second kappa shape index (κ2) is 5.45. The summed E-state index contributed by atoms with van der Waals surface area (Å²) in [4.78, 5) is 2.50. The summed E-state index contributed by atoms with van der Waals surface area (Å²) in [5.41, 5.74) is 0.272. The number of nitrogens with one attached hydrogen (secondary N) is 1. The van der Waals surface area contributed by atoms with Crippen molar-refractivity contribution in [3.63, 3.8) is 0 Å². The van der Waals surface area contributed by atoms with Crippen LogP contribution in [0.2, 0.25) is 0 Å². The molecule has 0 aliphatic carbocycles. The van der Waals surface area contributed by atoms with Crippen LogP contribution in [0.1, 0.15) is 20.3 Å². The van der Waals surface area contributed by atoms with Crippen LogP contribution in [0.4, 0.5) is 0 Å². The molecule has 2 heterocycles. The zero-order chi connectivity index (χ0) is 11.4. The maximum atomic E-state index is 5.70. The Kier molecular flexibility index (Phi) is 4.19. The Morgan fingerprint density at radius 3 is 3.00 bits per heavy atom. The molecule has 0 spiro atoms. The fraction of sp³-hybridized carbons (Fsp3) is 1.00. The van der Waals surface area contributed by atoms with Crippen molar-refractivity contribution in [1.82, 2.24) is 10.2 Å². The van der Waals surface area contributed by atoms with E-state index < -0.39 is 0 Å². The van der Waals surface area contributed by atoms with E-state index in [1.165, 1.54) is 6.42 Å². The smallest absolute Gasteiger partial charge is 0.0936 e. The summed E-state index contributed by atoms with van der Waals surface area (Å²) in [5, 5.41) is 3.60. The van der Waals surface area contributed by atoms with Crippen LogP contribution >= 0.6 is 0 Å². The topological polar surface area (TPSA) is 33.7 Å². The standard InChI is InChI=1S/C12H24N2O2/c1-3-12(2)10-14(5-4-13-12)8-11-9-15-6-7-16-11/h11,13H,3-10H2,1-2H3. The van der Waals surface area contributed by atoms with Crippen molar-refractivity contribution in [1.29, 1.82) is 0 Å². The second-order valence-corrected chi connectivity index (χ2v) is 5.14. The molecule has 2 fully saturated rings. The van der Waals surface area contributed by atoms with E-state index in [0.29, 0.717) is 0 Å². The van der Waals surface area contributed by atoms with Crippen LogP contribution in [0.5, 0.6) is 0 Å². The van der Waals surface area contributed by atoms with E-state index in [1.54, 1.807) is 0 Å². The van der Waals surface area contributed by atoms with Gasteiger partial charge in [0.2, 0.25) is 0 Å². The number of ether oxygens (including phenoxy) is 2. The van der Waals surface area contributed by atoms with E-state index in [0.717, 1.165) is 46.0 Å². The zero-order valence-electron chi connectivity index (χ0n) is 10.5. The van der Waals surface area contributed by atoms with E-state index in [1.807, 2.05) is 0 Å². The van der Waals surface area contributed by atoms with E-state index in [2.05, 4.69) is 24.1 Å². The molecule has 0 saturated carbocycles. The van der Waals surface area contributed by atoms with Gasteiger partial charge in [0.1, 0.15) is 0 Å². The zero-order valence-corrected chi connectivity index (χ0v) is 10.5. The summed E-state index contributed by atoms with van der Waals surface area (Å²) in [5.74, 6) is 0. The third-order valence-electron chi connectivity index (χ3n) is 3.68. The number of piperazine rings is 1. The van der Waals surface area contributed by atoms with Gasteiger partial charge >= 0.3 is 0 Å². The summed E-state index contributed by atoms with van der Waals surface area (Å²) in [6.45, 7) is 11.1. The van der Waals surface area contributed by atoms with E-state index in [9.17, 15) is 0 Å². The number of hydrogen-bond acceptors (Lipinski definition) is 4. The first-order chi connectivity index (χ1) is 7.72. The Hall–Kier alpha value is -0.160. The molecule has 2 rings (SSSR count). The molecule has 1 N–H and O–H groups in total. The van der Waals surface area contributed by atoms with Crippen molar-refractivity contribution in [2.45, 2.75) is 31.9 Å². The van der Waals surface area contributed by atoms with Crippen molar-refractivity contribution < 1.29 is 9.47 Å². The molecule has 0 radical (unpaired) electrons. The molecule has 16 heavy (non-hydrogen) atoms. The van der Waals surface area contributed by atoms with Gasteiger partial charge in [0.05, 0.1) is 25.9 Å². The summed E-state index contributed by atoms with van der Waals surface area (Å²) in [6, 6.07) is 0. The predicted octanol–water partition coefficient (Wildman–Crippen LogP) is 0.476. The fourth-order valence-electron chi connectivity index (χ4n) is 2.47. The molecule has 0 bridgehead atoms. The molecule has 2 aliphatic heterocycles. The van der Waals surface area contributed by atoms with Crippen LogP contribution in [0.15, 0.2) is 0 Å². The van der Waals surface area contributed by atoms with Crippen LogP contribution in [0.25, 0.3) is 0 Å². The molecule has 0 aromatic rings. The highest BCUT2D eigenvalue weighted by atomic mass is 16.6. The minimum Gasteiger partial charge on any atom is -0.376 e. The van der Waals surface area contributed by atoms with E-state index in [4.69, 9.17) is 9.47 Å². The van der Waals surface area contributed by atoms with Crippen molar-refractivity contribution in [2.75, 3.05) is 46.0 Å². The average molecular weight is 228 g/mol. The molecular formula is C12H24N2O2. The molecule has 2 aliphatic rings. The molecular weight excluding hydrogens is 204 g/mol. The highest BCUT2D eigenvalue weighted by Crippen LogP contribution is 2.16. The van der Waals surface area contributed by atoms with Crippen LogP contribution in [0, 0.1) is 0 Å². The van der Waals surface area contributed by atoms with Crippen molar-refractivity contribution in [3.05, 3.63) is 0 Å². The number of nitrogens with zero attached hydrogens (tertiary/aromatic N) is 1. The Labute approximate surface area is 98.3 Å². The lowest BCUT2D eigenvalue weighted by Gasteiger charge is -2.42. The maximum Gasteiger partial charge on any atom is 0.0936 e. The van der Waals surface area contributed by atoms with Gasteiger partial charge in [0.15, 0.2) is 0 Å². The maximum absolute atomic E-state index is 5.70. The van der Waals surface area contributed by atoms with Crippen molar-refractivity contribution in [3.8, 4) is 0 Å². The molecule has 4 heteroatoms. The fourth-order valence-corrected chi connectivity index (χ4v) is 2.47. The number of rotatable bonds is 3. The van der Waals surface area contributed by atoms with Gasteiger partial charge in [-0.25, -0.2) is 0 Å². The molecule has 94 valence electrons. The molecule has 0 aromatic heterocycles. The SMILES string of the molecule is CCC1(C)CN(CC2COCCO2)CCN1. The van der Waals surface area contributed by atoms with Gasteiger partial charge in [-0.3, -0.25) is 4.90 Å². The van der Waals surface area contributed by atoms with Crippen LogP contribution < -0.4 is 5.32 Å². The van der Waals surface area contributed by atoms with Crippen molar-refractivity contribution in [2.24, 2.45) is 0 Å². The lowest BCUT2D eigenvalue weighted by atomic mass is 9.96. The molecule has 0 aromatic carbocycles. The van der Waals surface area contributed by atoms with E-state index in [-0.39, 0.29) is 11.6 Å². The Bertz CT molecular complexity index is 219. The Morgan fingerprint density at radius 2 is 2.31 bits per heavy atom. The molecule has 0 amide bonds. The molecule has 2 unspecified atom stereocenters. The first kappa shape index (κ1) is 12.3. The average Bonchev–Trinajstić information content (AvgIpc) is 2.30. The third kappa shape index (κ3) is 3.17. The quantitative estimate of drug-likeness (QED) is 0.761. The Balaban J connectivity index is 1.80. The molecule has 2 atom stereocenters. The van der Waals surface area contributed by atoms with Gasteiger partial charge in [0, 0.05) is 31.7 Å². The minimum absolute atomic E-state index is 0.271. The third-order valence-corrected chi connectivity index (χ3v) is 3.68. The lowest BCUT2D eigenvalue weighted by Crippen LogP contribution is -2.59. The number of hydrogen-bond donors (Lipinski definition) is 1. The minimum atomic E-state index is 0.271. The largest absolute Gasteiger partial charge is 0.376 e. The first-order valence-corrected chi connectivity index (χ1v) is 6.38. The molecule has 4 nitrogen and oxygen atoms in total. The van der Waals surface area contributed by atoms with Gasteiger partial charge in [0.25, 0.3) is 0 Å². The highest BCUT2D eigenvalue weighted by Gasteiger charge is 2.30. The summed E-state index contributed by atoms with van der Waals surface area (Å²) >= 11 is 0. The summed E-state index contributed by atoms with van der Waals surface area (Å²) in [7, 11) is 0. The van der Waals surface area contributed by atoms with Crippen LogP contribution in [-0.2, 0) is 9.47 Å². The van der Waals surface area contributed by atoms with Gasteiger partial charge in [-0.05, 0) is 13.3 Å². The second-order valence-electron chi connectivity index (χ2n) is 5.14. The summed E-state index contributed by atoms with van der Waals surface area (Å²) in [6.07, 6.45) is 1.44. The Morgan fingerprint density at radius 1 is 1.44 bits per heavy atom. The van der Waals surface area contributed by atoms with Crippen LogP contribution in [0.3, 0.4) is 0 Å². The first-order valence-electron chi connectivity index (χ1n) is 6.38. The normalized spacial score (nSPS) is 37.5. The molecule has 2 saturated heterocycles. The summed E-state index contributed by atoms with van der Waals surface area (Å²) < 4.78 is 11.1. The van der Waals surface area contributed by atoms with Gasteiger partial charge in [-0.2, -0.15) is 0 Å². The lowest BCUT2D eigenvalue weighted by molar-refractivity contribution is -0.100. The van der Waals surface area contributed by atoms with Gasteiger partial charge in [-0.1, -0.05) is 6.92 Å². The monoisotopic (exact) mass is 228 g/mol. The van der Waals surface area contributed by atoms with Crippen LogP contribution in [-0.4, -0.2) is 62.5 Å². The predicted molar refractivity (Wildman–Crippen MR) is 63.7 cm³/mol. The van der Waals surface area contributed by atoms with Gasteiger partial charge in [-0.15, -0.1) is 0 Å². The van der Waals surface area contributed by atoms with E-state index >= 15 is 0 Å². The van der Waals surface area contributed by atoms with Crippen molar-refractivity contribution >= 4 is 0 Å².